The summed E-state index contributed by atoms with van der Waals surface area (Å²) < 4.78 is 6.51. The highest BCUT2D eigenvalue weighted by atomic mass is 32.1. The molecule has 126 valence electrons. The molecule has 0 atom stereocenters. The standard InChI is InChI=1S/C18H21N3O2S/c1-12-8-13(2)10-14(9-12)23-6-5-21(3)11-16-19-15-4-7-24-17(15)18(22)20-16/h4,7-10H,5-6,11H2,1-3H3,(H,19,20,22). The highest BCUT2D eigenvalue weighted by Crippen LogP contribution is 2.16. The molecular formula is C18H21N3O2S. The number of rotatable bonds is 6. The van der Waals surface area contributed by atoms with Crippen molar-refractivity contribution in [3.05, 3.63) is 57.0 Å². The number of ether oxygens (including phenoxy) is 1. The number of nitrogens with one attached hydrogen (secondary N) is 1. The summed E-state index contributed by atoms with van der Waals surface area (Å²) in [5.74, 6) is 1.58. The number of nitrogens with zero attached hydrogens (tertiary/aromatic N) is 2. The first-order valence-electron chi connectivity index (χ1n) is 7.87. The number of hydrogen-bond donors (Lipinski definition) is 1. The van der Waals surface area contributed by atoms with Gasteiger partial charge in [-0.05, 0) is 55.6 Å². The van der Waals surface area contributed by atoms with Crippen molar-refractivity contribution in [3.8, 4) is 5.75 Å². The number of aromatic amines is 1. The van der Waals surface area contributed by atoms with E-state index >= 15 is 0 Å². The molecule has 0 fully saturated rings. The molecular weight excluding hydrogens is 322 g/mol. The smallest absolute Gasteiger partial charge is 0.268 e. The topological polar surface area (TPSA) is 58.2 Å². The first-order chi connectivity index (χ1) is 11.5. The van der Waals surface area contributed by atoms with Crippen LogP contribution in [0.3, 0.4) is 0 Å². The molecule has 0 aliphatic heterocycles. The maximum Gasteiger partial charge on any atom is 0.268 e. The number of aryl methyl sites for hydroxylation is 2. The molecule has 0 bridgehead atoms. The molecule has 0 aliphatic rings. The molecule has 0 amide bonds. The normalized spacial score (nSPS) is 11.3. The molecule has 3 rings (SSSR count). The lowest BCUT2D eigenvalue weighted by molar-refractivity contribution is 0.229. The van der Waals surface area contributed by atoms with Crippen LogP contribution in [0.25, 0.3) is 10.2 Å². The van der Waals surface area contributed by atoms with Crippen molar-refractivity contribution in [3.63, 3.8) is 0 Å². The van der Waals surface area contributed by atoms with Gasteiger partial charge in [0.05, 0.1) is 12.1 Å². The summed E-state index contributed by atoms with van der Waals surface area (Å²) in [7, 11) is 1.99. The summed E-state index contributed by atoms with van der Waals surface area (Å²) in [6, 6.07) is 8.08. The number of aromatic nitrogens is 2. The van der Waals surface area contributed by atoms with Gasteiger partial charge >= 0.3 is 0 Å². The van der Waals surface area contributed by atoms with Crippen LogP contribution in [-0.2, 0) is 6.54 Å². The van der Waals surface area contributed by atoms with Crippen LogP contribution in [0.5, 0.6) is 5.75 Å². The van der Waals surface area contributed by atoms with E-state index in [4.69, 9.17) is 4.74 Å². The average Bonchev–Trinajstić information content (AvgIpc) is 2.95. The van der Waals surface area contributed by atoms with Crippen molar-refractivity contribution in [1.82, 2.24) is 14.9 Å². The third-order valence-corrected chi connectivity index (χ3v) is 4.62. The molecule has 0 radical (unpaired) electrons. The van der Waals surface area contributed by atoms with Gasteiger partial charge in [0.25, 0.3) is 5.56 Å². The third-order valence-electron chi connectivity index (χ3n) is 3.72. The molecule has 1 N–H and O–H groups in total. The quantitative estimate of drug-likeness (QED) is 0.747. The Hall–Kier alpha value is -2.18. The summed E-state index contributed by atoms with van der Waals surface area (Å²) in [5.41, 5.74) is 3.09. The number of benzene rings is 1. The van der Waals surface area contributed by atoms with Crippen molar-refractivity contribution >= 4 is 21.6 Å². The van der Waals surface area contributed by atoms with Crippen molar-refractivity contribution in [2.24, 2.45) is 0 Å². The lowest BCUT2D eigenvalue weighted by Gasteiger charge is -2.16. The highest BCUT2D eigenvalue weighted by molar-refractivity contribution is 7.17. The Balaban J connectivity index is 1.56. The second-order valence-electron chi connectivity index (χ2n) is 6.06. The van der Waals surface area contributed by atoms with Crippen LogP contribution in [0.2, 0.25) is 0 Å². The molecule has 0 saturated heterocycles. The van der Waals surface area contributed by atoms with Gasteiger partial charge in [0.2, 0.25) is 0 Å². The van der Waals surface area contributed by atoms with E-state index < -0.39 is 0 Å². The molecule has 24 heavy (non-hydrogen) atoms. The van der Waals surface area contributed by atoms with Crippen LogP contribution in [-0.4, -0.2) is 35.1 Å². The summed E-state index contributed by atoms with van der Waals surface area (Å²) in [6.07, 6.45) is 0. The van der Waals surface area contributed by atoms with E-state index in [0.29, 0.717) is 23.7 Å². The Bertz CT molecular complexity index is 880. The number of hydrogen-bond acceptors (Lipinski definition) is 5. The SMILES string of the molecule is Cc1cc(C)cc(OCCN(C)Cc2nc3ccsc3c(=O)[nH]2)c1. The largest absolute Gasteiger partial charge is 0.492 e. The molecule has 0 spiro atoms. The van der Waals surface area contributed by atoms with Crippen molar-refractivity contribution < 1.29 is 4.74 Å². The van der Waals surface area contributed by atoms with Gasteiger partial charge in [0, 0.05) is 6.54 Å². The molecule has 0 aliphatic carbocycles. The van der Waals surface area contributed by atoms with Crippen LogP contribution >= 0.6 is 11.3 Å². The zero-order chi connectivity index (χ0) is 17.1. The Labute approximate surface area is 144 Å². The molecule has 3 aromatic rings. The third kappa shape index (κ3) is 4.01. The fraction of sp³-hybridized carbons (Fsp3) is 0.333. The summed E-state index contributed by atoms with van der Waals surface area (Å²) >= 11 is 1.42. The molecule has 2 aromatic heterocycles. The molecule has 0 saturated carbocycles. The van der Waals surface area contributed by atoms with Gasteiger partial charge in [-0.3, -0.25) is 9.69 Å². The zero-order valence-corrected chi connectivity index (χ0v) is 14.9. The Morgan fingerprint density at radius 2 is 2.00 bits per heavy atom. The second-order valence-corrected chi connectivity index (χ2v) is 6.97. The van der Waals surface area contributed by atoms with E-state index in [9.17, 15) is 4.79 Å². The Morgan fingerprint density at radius 1 is 1.25 bits per heavy atom. The Morgan fingerprint density at radius 3 is 2.75 bits per heavy atom. The van der Waals surface area contributed by atoms with Gasteiger partial charge in [0.1, 0.15) is 22.9 Å². The fourth-order valence-electron chi connectivity index (χ4n) is 2.67. The molecule has 1 aromatic carbocycles. The van der Waals surface area contributed by atoms with E-state index in [1.165, 1.54) is 22.5 Å². The number of likely N-dealkylation sites (N-methyl/N-ethyl adjacent to an activating group) is 1. The van der Waals surface area contributed by atoms with Gasteiger partial charge in [0.15, 0.2) is 0 Å². The van der Waals surface area contributed by atoms with Crippen molar-refractivity contribution in [2.75, 3.05) is 20.2 Å². The monoisotopic (exact) mass is 343 g/mol. The molecule has 5 nitrogen and oxygen atoms in total. The summed E-state index contributed by atoms with van der Waals surface area (Å²) in [5, 5.41) is 1.89. The first kappa shape index (κ1) is 16.7. The van der Waals surface area contributed by atoms with E-state index in [2.05, 4.69) is 34.8 Å². The lowest BCUT2D eigenvalue weighted by atomic mass is 10.1. The van der Waals surface area contributed by atoms with Crippen LogP contribution in [0.4, 0.5) is 0 Å². The van der Waals surface area contributed by atoms with Crippen LogP contribution in [0.1, 0.15) is 17.0 Å². The number of thiophene rings is 1. The highest BCUT2D eigenvalue weighted by Gasteiger charge is 2.07. The van der Waals surface area contributed by atoms with Gasteiger partial charge in [-0.2, -0.15) is 0 Å². The Kier molecular flexibility index (Phi) is 4.97. The van der Waals surface area contributed by atoms with E-state index in [1.54, 1.807) is 0 Å². The minimum atomic E-state index is -0.0649. The summed E-state index contributed by atoms with van der Waals surface area (Å²) in [4.78, 5) is 21.4. The van der Waals surface area contributed by atoms with Crippen molar-refractivity contribution in [2.45, 2.75) is 20.4 Å². The minimum absolute atomic E-state index is 0.0649. The minimum Gasteiger partial charge on any atom is -0.492 e. The molecule has 6 heteroatoms. The van der Waals surface area contributed by atoms with Gasteiger partial charge in [-0.1, -0.05) is 6.07 Å². The van der Waals surface area contributed by atoms with Crippen LogP contribution < -0.4 is 10.3 Å². The maximum absolute atomic E-state index is 12.0. The van der Waals surface area contributed by atoms with E-state index in [1.807, 2.05) is 30.6 Å². The van der Waals surface area contributed by atoms with Crippen LogP contribution in [0, 0.1) is 13.8 Å². The van der Waals surface area contributed by atoms with Crippen LogP contribution in [0.15, 0.2) is 34.4 Å². The molecule has 2 heterocycles. The van der Waals surface area contributed by atoms with Gasteiger partial charge < -0.3 is 9.72 Å². The zero-order valence-electron chi connectivity index (χ0n) is 14.1. The molecule has 0 unspecified atom stereocenters. The number of H-pyrrole nitrogens is 1. The second kappa shape index (κ2) is 7.15. The predicted molar refractivity (Wildman–Crippen MR) is 98.0 cm³/mol. The van der Waals surface area contributed by atoms with E-state index in [-0.39, 0.29) is 5.56 Å². The van der Waals surface area contributed by atoms with Crippen molar-refractivity contribution in [1.29, 1.82) is 0 Å². The fourth-order valence-corrected chi connectivity index (χ4v) is 3.39. The maximum atomic E-state index is 12.0. The lowest BCUT2D eigenvalue weighted by Crippen LogP contribution is -2.26. The average molecular weight is 343 g/mol. The van der Waals surface area contributed by atoms with Gasteiger partial charge in [-0.15, -0.1) is 11.3 Å². The summed E-state index contributed by atoms with van der Waals surface area (Å²) in [6.45, 7) is 6.04. The number of fused-ring (bicyclic) bond motifs is 1. The predicted octanol–water partition coefficient (Wildman–Crippen LogP) is 3.11. The first-order valence-corrected chi connectivity index (χ1v) is 8.75. The van der Waals surface area contributed by atoms with E-state index in [0.717, 1.165) is 17.8 Å². The van der Waals surface area contributed by atoms with Gasteiger partial charge in [-0.25, -0.2) is 4.98 Å².